The first-order chi connectivity index (χ1) is 7.83. The Kier molecular flexibility index (Phi) is 6.49. The number of nitrogens with one attached hydrogen (secondary N) is 1. The molecule has 0 aliphatic rings. The summed E-state index contributed by atoms with van der Waals surface area (Å²) in [5.74, 6) is 1.69. The fraction of sp³-hybridized carbons (Fsp3) is 0.417. The van der Waals surface area contributed by atoms with Crippen molar-refractivity contribution in [3.63, 3.8) is 0 Å². The van der Waals surface area contributed by atoms with Gasteiger partial charge in [-0.05, 0) is 37.0 Å². The molecule has 0 aliphatic carbocycles. The molecule has 4 heteroatoms. The topological polar surface area (TPSA) is 50.4 Å². The molecule has 0 atom stereocenters. The molecule has 3 nitrogen and oxygen atoms in total. The maximum Gasteiger partial charge on any atom is 0.193 e. The first-order valence-electron chi connectivity index (χ1n) is 5.44. The third kappa shape index (κ3) is 5.66. The fourth-order valence-electron chi connectivity index (χ4n) is 1.27. The minimum atomic E-state index is 0.496. The molecule has 0 saturated heterocycles. The molecule has 0 radical (unpaired) electrons. The predicted molar refractivity (Wildman–Crippen MR) is 74.2 cm³/mol. The molecule has 1 aromatic carbocycles. The summed E-state index contributed by atoms with van der Waals surface area (Å²) in [4.78, 5) is 4.27. The van der Waals surface area contributed by atoms with Gasteiger partial charge in [0.2, 0.25) is 0 Å². The Morgan fingerprint density at radius 3 is 2.75 bits per heavy atom. The largest absolute Gasteiger partial charge is 0.370 e. The number of aliphatic imine (C=N–C) groups is 1. The summed E-state index contributed by atoms with van der Waals surface area (Å²) in [5.41, 5.74) is 6.73. The number of rotatable bonds is 6. The quantitative estimate of drug-likeness (QED) is 0.454. The van der Waals surface area contributed by atoms with Gasteiger partial charge in [-0.25, -0.2) is 0 Å². The van der Waals surface area contributed by atoms with Gasteiger partial charge in [-0.1, -0.05) is 18.2 Å². The lowest BCUT2D eigenvalue weighted by atomic mass is 10.3. The van der Waals surface area contributed by atoms with Crippen LogP contribution >= 0.6 is 11.8 Å². The van der Waals surface area contributed by atoms with Crippen LogP contribution in [0.3, 0.4) is 0 Å². The Morgan fingerprint density at radius 1 is 1.31 bits per heavy atom. The third-order valence-electron chi connectivity index (χ3n) is 2.08. The highest BCUT2D eigenvalue weighted by atomic mass is 32.2. The van der Waals surface area contributed by atoms with Gasteiger partial charge in [-0.3, -0.25) is 4.99 Å². The SMILES string of the molecule is CSCCCCN=C(N)Nc1ccccc1. The molecule has 16 heavy (non-hydrogen) atoms. The summed E-state index contributed by atoms with van der Waals surface area (Å²) in [7, 11) is 0. The number of hydrogen-bond acceptors (Lipinski definition) is 2. The monoisotopic (exact) mass is 237 g/mol. The van der Waals surface area contributed by atoms with E-state index in [1.54, 1.807) is 0 Å². The van der Waals surface area contributed by atoms with Crippen LogP contribution in [0.2, 0.25) is 0 Å². The molecule has 0 heterocycles. The van der Waals surface area contributed by atoms with E-state index in [2.05, 4.69) is 16.6 Å². The summed E-state index contributed by atoms with van der Waals surface area (Å²) >= 11 is 1.87. The van der Waals surface area contributed by atoms with Crippen LogP contribution in [0.1, 0.15) is 12.8 Å². The van der Waals surface area contributed by atoms with Crippen molar-refractivity contribution in [1.29, 1.82) is 0 Å². The second kappa shape index (κ2) is 8.05. The number of anilines is 1. The summed E-state index contributed by atoms with van der Waals surface area (Å²) < 4.78 is 0. The second-order valence-electron chi connectivity index (χ2n) is 3.46. The number of benzene rings is 1. The van der Waals surface area contributed by atoms with Gasteiger partial charge in [0.05, 0.1) is 0 Å². The molecule has 88 valence electrons. The number of unbranched alkanes of at least 4 members (excludes halogenated alkanes) is 1. The summed E-state index contributed by atoms with van der Waals surface area (Å²) in [6.07, 6.45) is 4.41. The molecule has 0 aliphatic heterocycles. The summed E-state index contributed by atoms with van der Waals surface area (Å²) in [6, 6.07) is 9.84. The van der Waals surface area contributed by atoms with Crippen molar-refractivity contribution < 1.29 is 0 Å². The van der Waals surface area contributed by atoms with E-state index in [1.165, 1.54) is 12.2 Å². The zero-order chi connectivity index (χ0) is 11.6. The van der Waals surface area contributed by atoms with E-state index < -0.39 is 0 Å². The van der Waals surface area contributed by atoms with Crippen molar-refractivity contribution in [3.05, 3.63) is 30.3 Å². The van der Waals surface area contributed by atoms with Crippen LogP contribution in [-0.2, 0) is 0 Å². The van der Waals surface area contributed by atoms with Crippen LogP contribution in [0, 0.1) is 0 Å². The Hall–Kier alpha value is -1.16. The van der Waals surface area contributed by atoms with Crippen molar-refractivity contribution in [2.75, 3.05) is 23.9 Å². The molecule has 1 rings (SSSR count). The molecule has 0 amide bonds. The third-order valence-corrected chi connectivity index (χ3v) is 2.78. The van der Waals surface area contributed by atoms with E-state index in [4.69, 9.17) is 5.73 Å². The lowest BCUT2D eigenvalue weighted by Gasteiger charge is -2.04. The highest BCUT2D eigenvalue weighted by Gasteiger charge is 1.93. The normalized spacial score (nSPS) is 11.4. The van der Waals surface area contributed by atoms with Crippen LogP contribution in [0.15, 0.2) is 35.3 Å². The van der Waals surface area contributed by atoms with E-state index in [0.29, 0.717) is 5.96 Å². The first-order valence-corrected chi connectivity index (χ1v) is 6.83. The van der Waals surface area contributed by atoms with Gasteiger partial charge < -0.3 is 11.1 Å². The van der Waals surface area contributed by atoms with Crippen molar-refractivity contribution in [1.82, 2.24) is 0 Å². The van der Waals surface area contributed by atoms with Gasteiger partial charge in [-0.2, -0.15) is 11.8 Å². The van der Waals surface area contributed by atoms with Gasteiger partial charge in [0.25, 0.3) is 0 Å². The van der Waals surface area contributed by atoms with Crippen molar-refractivity contribution in [2.24, 2.45) is 10.7 Å². The standard InChI is InChI=1S/C12H19N3S/c1-16-10-6-5-9-14-12(13)15-11-7-3-2-4-8-11/h2-4,7-8H,5-6,9-10H2,1H3,(H3,13,14,15). The molecule has 0 bridgehead atoms. The Labute approximate surface area is 102 Å². The summed E-state index contributed by atoms with van der Waals surface area (Å²) in [5, 5.41) is 3.06. The molecule has 3 N–H and O–H groups in total. The molecule has 0 spiro atoms. The van der Waals surface area contributed by atoms with Crippen LogP contribution in [0.5, 0.6) is 0 Å². The number of thioether (sulfide) groups is 1. The van der Waals surface area contributed by atoms with E-state index in [1.807, 2.05) is 42.1 Å². The average Bonchev–Trinajstić information content (AvgIpc) is 2.30. The first kappa shape index (κ1) is 12.9. The molecule has 0 fully saturated rings. The number of guanidine groups is 1. The van der Waals surface area contributed by atoms with Gasteiger partial charge >= 0.3 is 0 Å². The number of para-hydroxylation sites is 1. The Bertz CT molecular complexity index is 311. The maximum absolute atomic E-state index is 5.75. The molecular weight excluding hydrogens is 218 g/mol. The van der Waals surface area contributed by atoms with Gasteiger partial charge in [0, 0.05) is 12.2 Å². The maximum atomic E-state index is 5.75. The van der Waals surface area contributed by atoms with Crippen molar-refractivity contribution in [2.45, 2.75) is 12.8 Å². The number of hydrogen-bond donors (Lipinski definition) is 2. The molecule has 0 aromatic heterocycles. The van der Waals surface area contributed by atoms with Gasteiger partial charge in [-0.15, -0.1) is 0 Å². The van der Waals surface area contributed by atoms with Crippen LogP contribution < -0.4 is 11.1 Å². The van der Waals surface area contributed by atoms with E-state index in [0.717, 1.165) is 18.7 Å². The minimum Gasteiger partial charge on any atom is -0.370 e. The van der Waals surface area contributed by atoms with E-state index in [-0.39, 0.29) is 0 Å². The lowest BCUT2D eigenvalue weighted by molar-refractivity contribution is 0.815. The lowest BCUT2D eigenvalue weighted by Crippen LogP contribution is -2.22. The van der Waals surface area contributed by atoms with Crippen molar-refractivity contribution >= 4 is 23.4 Å². The number of nitrogens with zero attached hydrogens (tertiary/aromatic N) is 1. The van der Waals surface area contributed by atoms with Crippen molar-refractivity contribution in [3.8, 4) is 0 Å². The molecule has 0 saturated carbocycles. The Balaban J connectivity index is 2.24. The van der Waals surface area contributed by atoms with Crippen LogP contribution in [0.25, 0.3) is 0 Å². The van der Waals surface area contributed by atoms with E-state index >= 15 is 0 Å². The van der Waals surface area contributed by atoms with Gasteiger partial charge in [0.15, 0.2) is 5.96 Å². The van der Waals surface area contributed by atoms with Crippen LogP contribution in [-0.4, -0.2) is 24.5 Å². The predicted octanol–water partition coefficient (Wildman–Crippen LogP) is 2.56. The minimum absolute atomic E-state index is 0.496. The molecule has 0 unspecified atom stereocenters. The van der Waals surface area contributed by atoms with Crippen LogP contribution in [0.4, 0.5) is 5.69 Å². The highest BCUT2D eigenvalue weighted by molar-refractivity contribution is 7.98. The van der Waals surface area contributed by atoms with Gasteiger partial charge in [0.1, 0.15) is 0 Å². The zero-order valence-corrected chi connectivity index (χ0v) is 10.5. The number of nitrogens with two attached hydrogens (primary N) is 1. The fourth-order valence-corrected chi connectivity index (χ4v) is 1.76. The Morgan fingerprint density at radius 2 is 2.06 bits per heavy atom. The second-order valence-corrected chi connectivity index (χ2v) is 4.44. The van der Waals surface area contributed by atoms with E-state index in [9.17, 15) is 0 Å². The average molecular weight is 237 g/mol. The zero-order valence-electron chi connectivity index (χ0n) is 9.65. The highest BCUT2D eigenvalue weighted by Crippen LogP contribution is 2.04. The summed E-state index contributed by atoms with van der Waals surface area (Å²) in [6.45, 7) is 0.798. The molecular formula is C12H19N3S. The molecule has 1 aromatic rings. The smallest absolute Gasteiger partial charge is 0.193 e.